The van der Waals surface area contributed by atoms with E-state index in [2.05, 4.69) is 41.8 Å². The fourth-order valence-electron chi connectivity index (χ4n) is 3.61. The largest absolute Gasteiger partial charge is 0.504 e. The van der Waals surface area contributed by atoms with Gasteiger partial charge in [0.15, 0.2) is 11.4 Å². The van der Waals surface area contributed by atoms with Gasteiger partial charge in [-0.05, 0) is 18.6 Å². The van der Waals surface area contributed by atoms with Crippen LogP contribution in [0.2, 0.25) is 0 Å². The number of nitrogen functional groups attached to an aromatic ring is 1. The molecule has 0 radical (unpaired) electrons. The molecule has 168 valence electrons. The lowest BCUT2D eigenvalue weighted by atomic mass is 10.1. The van der Waals surface area contributed by atoms with Crippen LogP contribution in [0.3, 0.4) is 0 Å². The number of rotatable bonds is 6. The van der Waals surface area contributed by atoms with Crippen molar-refractivity contribution in [2.75, 3.05) is 17.2 Å². The third kappa shape index (κ3) is 4.01. The number of nitrogens with two attached hydrogens (primary N) is 1. The van der Waals surface area contributed by atoms with Gasteiger partial charge in [0.05, 0.1) is 18.4 Å². The van der Waals surface area contributed by atoms with Crippen LogP contribution < -0.4 is 15.3 Å². The normalized spacial score (nSPS) is 13.2. The van der Waals surface area contributed by atoms with Gasteiger partial charge in [-0.15, -0.1) is 5.10 Å². The zero-order valence-corrected chi connectivity index (χ0v) is 18.4. The topological polar surface area (TPSA) is 132 Å². The summed E-state index contributed by atoms with van der Waals surface area (Å²) < 4.78 is 5.77. The predicted molar refractivity (Wildman–Crippen MR) is 132 cm³/mol. The van der Waals surface area contributed by atoms with E-state index in [4.69, 9.17) is 5.73 Å². The Morgan fingerprint density at radius 3 is 2.79 bits per heavy atom. The molecule has 0 atom stereocenters. The number of aliphatic hydroxyl groups is 1. The van der Waals surface area contributed by atoms with Crippen molar-refractivity contribution in [2.45, 2.75) is 13.3 Å². The highest BCUT2D eigenvalue weighted by Crippen LogP contribution is 2.24. The second-order valence-corrected chi connectivity index (χ2v) is 7.58. The van der Waals surface area contributed by atoms with Crippen LogP contribution in [0.25, 0.3) is 22.7 Å². The second-order valence-electron chi connectivity index (χ2n) is 7.58. The number of hydrogen-bond donors (Lipinski definition) is 2. The fourth-order valence-corrected chi connectivity index (χ4v) is 3.61. The van der Waals surface area contributed by atoms with Gasteiger partial charge >= 0.3 is 6.34 Å². The summed E-state index contributed by atoms with van der Waals surface area (Å²) in [7, 11) is 0. The molecule has 0 fully saturated rings. The molecule has 3 N–H and O–H groups in total. The van der Waals surface area contributed by atoms with Crippen LogP contribution in [0, 0.1) is 0 Å². The minimum atomic E-state index is -0.0592. The van der Waals surface area contributed by atoms with Crippen LogP contribution in [0.5, 0.6) is 0 Å². The molecule has 3 aromatic heterocycles. The van der Waals surface area contributed by atoms with Crippen LogP contribution in [0.4, 0.5) is 11.8 Å². The Labute approximate surface area is 195 Å². The van der Waals surface area contributed by atoms with Crippen LogP contribution in [-0.4, -0.2) is 53.8 Å². The molecule has 4 heterocycles. The van der Waals surface area contributed by atoms with E-state index in [0.717, 1.165) is 23.2 Å². The molecular weight excluding hydrogens is 430 g/mol. The molecule has 34 heavy (non-hydrogen) atoms. The first-order valence-corrected chi connectivity index (χ1v) is 10.7. The molecule has 0 saturated heterocycles. The van der Waals surface area contributed by atoms with Crippen molar-refractivity contribution in [2.24, 2.45) is 0 Å². The summed E-state index contributed by atoms with van der Waals surface area (Å²) in [5.74, 6) is 0.925. The molecule has 0 spiro atoms. The van der Waals surface area contributed by atoms with Gasteiger partial charge in [-0.2, -0.15) is 9.50 Å². The number of aliphatic hydroxyl groups excluding tert-OH is 1. The third-order valence-electron chi connectivity index (χ3n) is 5.34. The lowest BCUT2D eigenvalue weighted by Crippen LogP contribution is -2.30. The van der Waals surface area contributed by atoms with Crippen LogP contribution in [0.1, 0.15) is 23.9 Å². The maximum atomic E-state index is 10.3. The SMILES string of the molecule is C/C=C\C=C(/O)c1nc2c3c(nc(N)n2n1)N(CCc1ccc(-c2cnccn2)cc1)C=[N+]=C3. The van der Waals surface area contributed by atoms with E-state index in [1.165, 1.54) is 10.6 Å². The number of anilines is 2. The summed E-state index contributed by atoms with van der Waals surface area (Å²) in [5.41, 5.74) is 10.4. The van der Waals surface area contributed by atoms with Crippen molar-refractivity contribution in [1.82, 2.24) is 34.2 Å². The number of fused-ring (bicyclic) bond motifs is 3. The fraction of sp³-hybridized carbons (Fsp3) is 0.125. The summed E-state index contributed by atoms with van der Waals surface area (Å²) in [5, 5.41) is 14.5. The molecule has 0 saturated carbocycles. The van der Waals surface area contributed by atoms with Gasteiger partial charge in [-0.3, -0.25) is 9.97 Å². The number of hydrogen-bond acceptors (Lipinski definition) is 8. The Hall–Kier alpha value is -4.82. The average molecular weight is 453 g/mol. The second kappa shape index (κ2) is 8.97. The van der Waals surface area contributed by atoms with Gasteiger partial charge in [0.2, 0.25) is 23.8 Å². The Kier molecular flexibility index (Phi) is 5.55. The summed E-state index contributed by atoms with van der Waals surface area (Å²) in [6.45, 7) is 2.50. The highest BCUT2D eigenvalue weighted by atomic mass is 16.3. The van der Waals surface area contributed by atoms with Gasteiger partial charge in [0.1, 0.15) is 5.56 Å². The zero-order valence-electron chi connectivity index (χ0n) is 18.4. The molecule has 0 unspecified atom stereocenters. The predicted octanol–water partition coefficient (Wildman–Crippen LogP) is 2.22. The Bertz CT molecular complexity index is 1460. The molecule has 1 aliphatic heterocycles. The molecule has 10 heteroatoms. The smallest absolute Gasteiger partial charge is 0.339 e. The van der Waals surface area contributed by atoms with Crippen LogP contribution in [-0.2, 0) is 6.42 Å². The van der Waals surface area contributed by atoms with Crippen molar-refractivity contribution >= 4 is 35.7 Å². The molecule has 1 aliphatic rings. The standard InChI is InChI=1S/C24H21N9O/c1-2-3-4-20(34)21-29-23-18-13-27-15-32(22(18)30-24(25)33(23)31-21)12-9-16-5-7-17(8-6-16)19-14-26-10-11-28-19/h2-8,10-11,13-15,25,34H,9,12H2,1H3/p+1/b3-2-,20-4-. The van der Waals surface area contributed by atoms with Crippen molar-refractivity contribution < 1.29 is 5.11 Å². The van der Waals surface area contributed by atoms with Crippen molar-refractivity contribution in [1.29, 1.82) is 0 Å². The summed E-state index contributed by atoms with van der Waals surface area (Å²) in [4.78, 5) is 19.4. The van der Waals surface area contributed by atoms with Crippen LogP contribution in [0.15, 0.2) is 61.1 Å². The molecule has 4 aromatic rings. The first kappa shape index (κ1) is 21.0. The van der Waals surface area contributed by atoms with Crippen molar-refractivity contribution in [3.05, 3.63) is 78.0 Å². The maximum Gasteiger partial charge on any atom is 0.339 e. The molecule has 0 aliphatic carbocycles. The third-order valence-corrected chi connectivity index (χ3v) is 5.34. The molecule has 0 bridgehead atoms. The Morgan fingerprint density at radius 2 is 2.03 bits per heavy atom. The quantitative estimate of drug-likeness (QED) is 0.258. The molecule has 5 rings (SSSR count). The van der Waals surface area contributed by atoms with Gasteiger partial charge in [-0.1, -0.05) is 36.4 Å². The number of allylic oxidation sites excluding steroid dienone is 3. The Balaban J connectivity index is 1.39. The van der Waals surface area contributed by atoms with Crippen molar-refractivity contribution in [3.63, 3.8) is 0 Å². The molecule has 0 amide bonds. The van der Waals surface area contributed by atoms with E-state index < -0.39 is 0 Å². The lowest BCUT2D eigenvalue weighted by Gasteiger charge is -2.14. The average Bonchev–Trinajstić information content (AvgIpc) is 3.34. The highest BCUT2D eigenvalue weighted by molar-refractivity contribution is 6.01. The summed E-state index contributed by atoms with van der Waals surface area (Å²) in [6, 6.07) is 8.23. The maximum absolute atomic E-state index is 10.3. The first-order chi connectivity index (χ1) is 16.6. The monoisotopic (exact) mass is 452 g/mol. The van der Waals surface area contributed by atoms with E-state index in [1.54, 1.807) is 43.3 Å². The van der Waals surface area contributed by atoms with Crippen molar-refractivity contribution in [3.8, 4) is 11.3 Å². The highest BCUT2D eigenvalue weighted by Gasteiger charge is 2.28. The van der Waals surface area contributed by atoms with E-state index in [1.807, 2.05) is 24.0 Å². The van der Waals surface area contributed by atoms with E-state index in [0.29, 0.717) is 23.6 Å². The lowest BCUT2D eigenvalue weighted by molar-refractivity contribution is 0.505. The zero-order chi connectivity index (χ0) is 23.5. The van der Waals surface area contributed by atoms with E-state index in [-0.39, 0.29) is 17.5 Å². The Morgan fingerprint density at radius 1 is 1.18 bits per heavy atom. The number of benzene rings is 1. The van der Waals surface area contributed by atoms with Gasteiger partial charge < -0.3 is 10.8 Å². The number of nitrogens with zero attached hydrogens (tertiary/aromatic N) is 8. The van der Waals surface area contributed by atoms with Gasteiger partial charge in [0.25, 0.3) is 0 Å². The summed E-state index contributed by atoms with van der Waals surface area (Å²) in [6.07, 6.45) is 14.3. The van der Waals surface area contributed by atoms with Gasteiger partial charge in [-0.25, -0.2) is 14.6 Å². The number of aromatic nitrogens is 6. The molecule has 10 nitrogen and oxygen atoms in total. The minimum absolute atomic E-state index is 0.0592. The first-order valence-electron chi connectivity index (χ1n) is 10.7. The van der Waals surface area contributed by atoms with Gasteiger partial charge in [0, 0.05) is 24.4 Å². The molecule has 1 aromatic carbocycles. The summed E-state index contributed by atoms with van der Waals surface area (Å²) >= 11 is 0. The minimum Gasteiger partial charge on any atom is -0.504 e. The van der Waals surface area contributed by atoms with E-state index >= 15 is 0 Å². The van der Waals surface area contributed by atoms with E-state index in [9.17, 15) is 5.11 Å². The van der Waals surface area contributed by atoms with Crippen LogP contribution >= 0.6 is 0 Å². The molecular formula is C24H22N9O+.